The Bertz CT molecular complexity index is 728. The van der Waals surface area contributed by atoms with Crippen LogP contribution in [0.5, 0.6) is 0 Å². The third kappa shape index (κ3) is 17.7. The van der Waals surface area contributed by atoms with Gasteiger partial charge >= 0.3 is 17.9 Å². The van der Waals surface area contributed by atoms with Gasteiger partial charge in [-0.15, -0.1) is 0 Å². The zero-order chi connectivity index (χ0) is 28.2. The number of unbranched alkanes of at least 4 members (excludes halogenated alkanes) is 2. The van der Waals surface area contributed by atoms with Crippen LogP contribution >= 0.6 is 8.96 Å². The van der Waals surface area contributed by atoms with E-state index in [1.807, 2.05) is 0 Å². The minimum Gasteiger partial charge on any atom is -0.481 e. The minimum absolute atomic E-state index is 0.0457. The van der Waals surface area contributed by atoms with Gasteiger partial charge in [0.1, 0.15) is 18.8 Å². The summed E-state index contributed by atoms with van der Waals surface area (Å²) < 4.78 is 6.53. The molecule has 0 heterocycles. The zero-order valence-electron chi connectivity index (χ0n) is 21.2. The average Bonchev–Trinajstić information content (AvgIpc) is 2.82. The quantitative estimate of drug-likeness (QED) is 0.0513. The second kappa shape index (κ2) is 20.7. The van der Waals surface area contributed by atoms with Crippen LogP contribution in [-0.2, 0) is 28.7 Å². The minimum atomic E-state index is -1.25. The van der Waals surface area contributed by atoms with Gasteiger partial charge < -0.3 is 41.3 Å². The molecule has 0 radical (unpaired) electrons. The van der Waals surface area contributed by atoms with Crippen LogP contribution in [0.4, 0.5) is 0 Å². The first-order valence-electron chi connectivity index (χ1n) is 12.2. The van der Waals surface area contributed by atoms with E-state index in [4.69, 9.17) is 15.6 Å². The lowest BCUT2D eigenvalue weighted by Gasteiger charge is -2.25. The van der Waals surface area contributed by atoms with Crippen LogP contribution in [0, 0.1) is 0 Å². The Kier molecular flexibility index (Phi) is 19.3. The first-order valence-corrected chi connectivity index (χ1v) is 13.1. The summed E-state index contributed by atoms with van der Waals surface area (Å²) in [5.41, 5.74) is 5.40. The maximum absolute atomic E-state index is 12.2. The van der Waals surface area contributed by atoms with Crippen molar-refractivity contribution in [3.8, 4) is 0 Å². The van der Waals surface area contributed by atoms with Crippen molar-refractivity contribution in [2.75, 3.05) is 19.9 Å². The molecule has 0 aromatic rings. The molecule has 214 valence electrons. The summed E-state index contributed by atoms with van der Waals surface area (Å²) >= 11 is 0. The lowest BCUT2D eigenvalue weighted by molar-refractivity contribution is -0.144. The maximum atomic E-state index is 12.2. The second-order valence-electron chi connectivity index (χ2n) is 8.60. The van der Waals surface area contributed by atoms with Crippen molar-refractivity contribution >= 4 is 38.7 Å². The SMILES string of the molecule is C[C@H](CCCOCN(PO)[C@@H](CCC(=O)O)C(=O)O)NC(=O)CC[C@H](NC(=O)CCCCCN)C(=O)O. The molecule has 0 aliphatic heterocycles. The second-order valence-corrected chi connectivity index (χ2v) is 9.38. The van der Waals surface area contributed by atoms with Crippen LogP contribution in [-0.4, -0.2) is 92.6 Å². The van der Waals surface area contributed by atoms with Crippen molar-refractivity contribution in [3.63, 3.8) is 0 Å². The van der Waals surface area contributed by atoms with E-state index < -0.39 is 38.9 Å². The number of aliphatic carboxylic acids is 3. The van der Waals surface area contributed by atoms with Crippen molar-refractivity contribution in [2.45, 2.75) is 89.3 Å². The Balaban J connectivity index is 4.29. The van der Waals surface area contributed by atoms with Crippen LogP contribution in [0.1, 0.15) is 71.1 Å². The standard InChI is InChI=1S/C22H41N4O10P/c1-15(6-5-13-36-14-26(37-35)17(22(33)34)9-11-20(29)30)24-19(28)10-8-16(21(31)32)25-18(27)7-3-2-4-12-23/h15-17,35,37H,2-14,23H2,1H3,(H,24,28)(H,25,27)(H,29,30)(H,31,32)(H,33,34)/t15-,16+,17+/m1/s1. The molecule has 37 heavy (non-hydrogen) atoms. The molecule has 8 N–H and O–H groups in total. The van der Waals surface area contributed by atoms with Crippen LogP contribution in [0.3, 0.4) is 0 Å². The third-order valence-electron chi connectivity index (χ3n) is 5.39. The molecule has 0 aliphatic rings. The van der Waals surface area contributed by atoms with Gasteiger partial charge in [-0.05, 0) is 52.0 Å². The number of carbonyl (C=O) groups excluding carboxylic acids is 2. The van der Waals surface area contributed by atoms with Gasteiger partial charge in [-0.25, -0.2) is 9.46 Å². The highest BCUT2D eigenvalue weighted by atomic mass is 31.1. The number of hydrogen-bond donors (Lipinski definition) is 7. The van der Waals surface area contributed by atoms with Crippen molar-refractivity contribution in [1.29, 1.82) is 0 Å². The fourth-order valence-corrected chi connectivity index (χ4v) is 3.87. The van der Waals surface area contributed by atoms with Gasteiger partial charge in [0.15, 0.2) is 0 Å². The van der Waals surface area contributed by atoms with Gasteiger partial charge in [-0.3, -0.25) is 19.2 Å². The van der Waals surface area contributed by atoms with Crippen LogP contribution in [0.25, 0.3) is 0 Å². The summed E-state index contributed by atoms with van der Waals surface area (Å²) in [5, 5.41) is 32.5. The Labute approximate surface area is 218 Å². The number of ether oxygens (including phenoxy) is 1. The molecule has 2 amide bonds. The Morgan fingerprint density at radius 2 is 1.54 bits per heavy atom. The third-order valence-corrected chi connectivity index (χ3v) is 6.08. The lowest BCUT2D eigenvalue weighted by Crippen LogP contribution is -2.42. The van der Waals surface area contributed by atoms with Crippen molar-refractivity contribution in [1.82, 2.24) is 15.3 Å². The molecule has 4 atom stereocenters. The molecule has 0 rings (SSSR count). The van der Waals surface area contributed by atoms with Crippen molar-refractivity contribution in [2.24, 2.45) is 5.73 Å². The van der Waals surface area contributed by atoms with Crippen LogP contribution in [0.2, 0.25) is 0 Å². The van der Waals surface area contributed by atoms with E-state index in [1.165, 1.54) is 0 Å². The summed E-state index contributed by atoms with van der Waals surface area (Å²) in [7, 11) is -0.873. The number of carboxylic acids is 3. The van der Waals surface area contributed by atoms with Gasteiger partial charge in [0, 0.05) is 31.9 Å². The molecule has 0 saturated heterocycles. The summed E-state index contributed by atoms with van der Waals surface area (Å²) in [6.45, 7) is 2.32. The molecule has 0 aromatic carbocycles. The fraction of sp³-hybridized carbons (Fsp3) is 0.773. The summed E-state index contributed by atoms with van der Waals surface area (Å²) in [4.78, 5) is 67.0. The first kappa shape index (κ1) is 34.6. The molecular weight excluding hydrogens is 511 g/mol. The molecule has 0 saturated carbocycles. The molecular formula is C22H41N4O10P. The van der Waals surface area contributed by atoms with E-state index in [1.54, 1.807) is 6.92 Å². The predicted octanol–water partition coefficient (Wildman–Crippen LogP) is 0.235. The summed E-state index contributed by atoms with van der Waals surface area (Å²) in [6, 6.07) is -2.58. The van der Waals surface area contributed by atoms with E-state index in [2.05, 4.69) is 10.6 Å². The molecule has 0 aliphatic carbocycles. The van der Waals surface area contributed by atoms with E-state index in [9.17, 15) is 39.1 Å². The Morgan fingerprint density at radius 1 is 0.865 bits per heavy atom. The highest BCUT2D eigenvalue weighted by molar-refractivity contribution is 7.28. The Hall–Kier alpha value is -2.38. The number of rotatable bonds is 23. The molecule has 0 aromatic heterocycles. The van der Waals surface area contributed by atoms with Gasteiger partial charge in [0.25, 0.3) is 0 Å². The van der Waals surface area contributed by atoms with Crippen LogP contribution < -0.4 is 16.4 Å². The summed E-state index contributed by atoms with van der Waals surface area (Å²) in [6.07, 6.45) is 2.76. The van der Waals surface area contributed by atoms with E-state index in [-0.39, 0.29) is 63.3 Å². The molecule has 15 heteroatoms. The number of nitrogens with one attached hydrogen (secondary N) is 2. The molecule has 0 spiro atoms. The van der Waals surface area contributed by atoms with Crippen molar-refractivity contribution in [3.05, 3.63) is 0 Å². The highest BCUT2D eigenvalue weighted by Gasteiger charge is 2.26. The largest absolute Gasteiger partial charge is 0.481 e. The maximum Gasteiger partial charge on any atom is 0.326 e. The van der Waals surface area contributed by atoms with E-state index >= 15 is 0 Å². The Morgan fingerprint density at radius 3 is 2.11 bits per heavy atom. The van der Waals surface area contributed by atoms with E-state index in [0.717, 1.165) is 17.5 Å². The monoisotopic (exact) mass is 552 g/mol. The summed E-state index contributed by atoms with van der Waals surface area (Å²) in [5.74, 6) is -4.34. The van der Waals surface area contributed by atoms with Gasteiger partial charge in [0.2, 0.25) is 11.8 Å². The number of carbonyl (C=O) groups is 5. The lowest BCUT2D eigenvalue weighted by atomic mass is 10.1. The fourth-order valence-electron chi connectivity index (χ4n) is 3.34. The first-order chi connectivity index (χ1) is 17.5. The number of carboxylic acid groups (broad SMARTS) is 3. The van der Waals surface area contributed by atoms with Crippen molar-refractivity contribution < 1.29 is 48.9 Å². The molecule has 14 nitrogen and oxygen atoms in total. The highest BCUT2D eigenvalue weighted by Crippen LogP contribution is 2.20. The number of hydrogen-bond acceptors (Lipinski definition) is 9. The number of nitrogens with two attached hydrogens (primary N) is 1. The molecule has 0 fully saturated rings. The van der Waals surface area contributed by atoms with E-state index in [0.29, 0.717) is 25.8 Å². The number of nitrogens with zero attached hydrogens (tertiary/aromatic N) is 1. The van der Waals surface area contributed by atoms with Crippen LogP contribution in [0.15, 0.2) is 0 Å². The predicted molar refractivity (Wildman–Crippen MR) is 135 cm³/mol. The topological polar surface area (TPSA) is 229 Å². The molecule has 0 bridgehead atoms. The van der Waals surface area contributed by atoms with Gasteiger partial charge in [-0.2, -0.15) is 0 Å². The normalized spacial score (nSPS) is 13.8. The average molecular weight is 553 g/mol. The number of amides is 2. The smallest absolute Gasteiger partial charge is 0.326 e. The zero-order valence-corrected chi connectivity index (χ0v) is 22.2. The van der Waals surface area contributed by atoms with Gasteiger partial charge in [0.05, 0.1) is 8.96 Å². The molecule has 1 unspecified atom stereocenters. The van der Waals surface area contributed by atoms with Gasteiger partial charge in [-0.1, -0.05) is 6.42 Å².